The second-order valence-corrected chi connectivity index (χ2v) is 10.9. The molecule has 0 unspecified atom stereocenters. The standard InChI is InChI=1S/C33H44ClN5O4/c1-12-15-25(14-3)19-42-20-38-32(40)31(37(10)11)36-39(33(38)41)26-16-23(7)30(28(34)17-26)43-29(22(6)13-2)18-27(21(4)5)24(8)35-9/h12,14-18,21,35H,1,3,8,13,19-20H2,2,4-7,9-11H3/b25-15+,27-18-,29-22-. The Kier molecular flexibility index (Phi) is 13.0. The number of likely N-dealkylation sites (N-methyl/N-ethyl adjacent to an activating group) is 1. The van der Waals surface area contributed by atoms with Crippen LogP contribution in [0.4, 0.5) is 5.82 Å². The van der Waals surface area contributed by atoms with E-state index in [1.165, 1.54) is 4.90 Å². The lowest BCUT2D eigenvalue weighted by Gasteiger charge is -2.20. The van der Waals surface area contributed by atoms with Crippen LogP contribution >= 0.6 is 11.6 Å². The lowest BCUT2D eigenvalue weighted by atomic mass is 9.98. The molecule has 0 amide bonds. The molecule has 0 spiro atoms. The third-order valence-electron chi connectivity index (χ3n) is 6.73. The Morgan fingerprint density at radius 2 is 1.91 bits per heavy atom. The van der Waals surface area contributed by atoms with E-state index in [0.29, 0.717) is 22.8 Å². The van der Waals surface area contributed by atoms with E-state index in [4.69, 9.17) is 21.1 Å². The van der Waals surface area contributed by atoms with Crippen molar-refractivity contribution >= 4 is 17.4 Å². The van der Waals surface area contributed by atoms with Crippen LogP contribution in [-0.4, -0.2) is 42.1 Å². The second-order valence-electron chi connectivity index (χ2n) is 10.5. The normalized spacial score (nSPS) is 12.6. The average Bonchev–Trinajstić information content (AvgIpc) is 2.96. The van der Waals surface area contributed by atoms with E-state index in [0.717, 1.165) is 38.1 Å². The van der Waals surface area contributed by atoms with Gasteiger partial charge < -0.3 is 19.7 Å². The molecule has 0 bridgehead atoms. The number of aromatic nitrogens is 3. The van der Waals surface area contributed by atoms with Crippen LogP contribution < -0.4 is 26.2 Å². The molecule has 0 atom stereocenters. The number of nitrogens with one attached hydrogen (secondary N) is 1. The zero-order chi connectivity index (χ0) is 32.4. The van der Waals surface area contributed by atoms with Crippen LogP contribution in [0, 0.1) is 12.8 Å². The molecule has 1 aromatic carbocycles. The maximum Gasteiger partial charge on any atom is 0.354 e. The van der Waals surface area contributed by atoms with E-state index >= 15 is 0 Å². The van der Waals surface area contributed by atoms with Crippen LogP contribution in [0.3, 0.4) is 0 Å². The van der Waals surface area contributed by atoms with Crippen LogP contribution in [-0.2, 0) is 11.5 Å². The van der Waals surface area contributed by atoms with Crippen molar-refractivity contribution in [3.8, 4) is 11.4 Å². The quantitative estimate of drug-likeness (QED) is 0.193. The summed E-state index contributed by atoms with van der Waals surface area (Å²) in [4.78, 5) is 28.2. The molecule has 43 heavy (non-hydrogen) atoms. The molecule has 0 saturated carbocycles. The summed E-state index contributed by atoms with van der Waals surface area (Å²) < 4.78 is 14.2. The third-order valence-corrected chi connectivity index (χ3v) is 7.01. The minimum atomic E-state index is -0.676. The Morgan fingerprint density at radius 3 is 2.42 bits per heavy atom. The van der Waals surface area contributed by atoms with Gasteiger partial charge in [-0.2, -0.15) is 4.68 Å². The summed E-state index contributed by atoms with van der Waals surface area (Å²) in [5.41, 5.74) is 3.38. The summed E-state index contributed by atoms with van der Waals surface area (Å²) in [5, 5.41) is 7.76. The van der Waals surface area contributed by atoms with E-state index in [-0.39, 0.29) is 30.1 Å². The Labute approximate surface area is 259 Å². The van der Waals surface area contributed by atoms with Gasteiger partial charge in [-0.3, -0.25) is 4.79 Å². The summed E-state index contributed by atoms with van der Waals surface area (Å²) in [7, 11) is 5.18. The molecule has 0 aliphatic rings. The van der Waals surface area contributed by atoms with Gasteiger partial charge in [0.1, 0.15) is 18.2 Å². The van der Waals surface area contributed by atoms with Gasteiger partial charge in [0.05, 0.1) is 17.3 Å². The molecule has 0 fully saturated rings. The lowest BCUT2D eigenvalue weighted by molar-refractivity contribution is 0.0895. The fourth-order valence-electron chi connectivity index (χ4n) is 4.02. The largest absolute Gasteiger partial charge is 0.456 e. The maximum absolute atomic E-state index is 13.5. The molecule has 232 valence electrons. The highest BCUT2D eigenvalue weighted by atomic mass is 35.5. The predicted molar refractivity (Wildman–Crippen MR) is 177 cm³/mol. The molecule has 0 saturated heterocycles. The zero-order valence-electron chi connectivity index (χ0n) is 26.6. The highest BCUT2D eigenvalue weighted by Crippen LogP contribution is 2.34. The number of hydrogen-bond acceptors (Lipinski definition) is 7. The number of benzene rings is 1. The van der Waals surface area contributed by atoms with E-state index < -0.39 is 11.2 Å². The summed E-state index contributed by atoms with van der Waals surface area (Å²) in [6.07, 6.45) is 7.72. The first-order chi connectivity index (χ1) is 20.3. The van der Waals surface area contributed by atoms with Crippen LogP contribution in [0.25, 0.3) is 5.69 Å². The Morgan fingerprint density at radius 1 is 1.23 bits per heavy atom. The van der Waals surface area contributed by atoms with Crippen molar-refractivity contribution in [1.82, 2.24) is 19.7 Å². The number of rotatable bonds is 15. The number of allylic oxidation sites excluding steroid dienone is 5. The van der Waals surface area contributed by atoms with E-state index in [9.17, 15) is 9.59 Å². The van der Waals surface area contributed by atoms with Crippen molar-refractivity contribution < 1.29 is 9.47 Å². The summed E-state index contributed by atoms with van der Waals surface area (Å²) in [6, 6.07) is 3.33. The van der Waals surface area contributed by atoms with Crippen molar-refractivity contribution in [1.29, 1.82) is 0 Å². The molecule has 1 heterocycles. The first-order valence-corrected chi connectivity index (χ1v) is 14.4. The van der Waals surface area contributed by atoms with Gasteiger partial charge in [0.15, 0.2) is 0 Å². The monoisotopic (exact) mass is 609 g/mol. The number of aryl methyl sites for hydroxylation is 1. The Balaban J connectivity index is 2.64. The molecular weight excluding hydrogens is 566 g/mol. The van der Waals surface area contributed by atoms with Gasteiger partial charge in [-0.25, -0.2) is 9.36 Å². The van der Waals surface area contributed by atoms with Gasteiger partial charge in [-0.15, -0.1) is 5.10 Å². The molecule has 1 aromatic heterocycles. The Hall–Kier alpha value is -4.08. The zero-order valence-corrected chi connectivity index (χ0v) is 27.3. The fraction of sp³-hybridized carbons (Fsp3) is 0.364. The van der Waals surface area contributed by atoms with Gasteiger partial charge in [0.25, 0.3) is 0 Å². The minimum Gasteiger partial charge on any atom is -0.456 e. The first-order valence-electron chi connectivity index (χ1n) is 14.0. The fourth-order valence-corrected chi connectivity index (χ4v) is 4.32. The van der Waals surface area contributed by atoms with Gasteiger partial charge in [0, 0.05) is 26.8 Å². The summed E-state index contributed by atoms with van der Waals surface area (Å²) >= 11 is 6.79. The smallest absolute Gasteiger partial charge is 0.354 e. The van der Waals surface area contributed by atoms with E-state index in [2.05, 4.69) is 50.9 Å². The lowest BCUT2D eigenvalue weighted by Crippen LogP contribution is -2.44. The number of halogens is 1. The second kappa shape index (κ2) is 16.0. The highest BCUT2D eigenvalue weighted by molar-refractivity contribution is 6.32. The van der Waals surface area contributed by atoms with E-state index in [1.54, 1.807) is 44.5 Å². The highest BCUT2D eigenvalue weighted by Gasteiger charge is 2.19. The molecule has 2 aromatic rings. The predicted octanol–water partition coefficient (Wildman–Crippen LogP) is 6.07. The van der Waals surface area contributed by atoms with Crippen LogP contribution in [0.5, 0.6) is 5.75 Å². The van der Waals surface area contributed by atoms with Gasteiger partial charge in [-0.1, -0.05) is 70.3 Å². The van der Waals surface area contributed by atoms with Crippen molar-refractivity contribution in [3.63, 3.8) is 0 Å². The number of nitrogens with zero attached hydrogens (tertiary/aromatic N) is 4. The van der Waals surface area contributed by atoms with Crippen molar-refractivity contribution in [2.75, 3.05) is 32.6 Å². The topological polar surface area (TPSA) is 90.6 Å². The molecule has 2 rings (SSSR count). The summed E-state index contributed by atoms with van der Waals surface area (Å²) in [6.45, 7) is 21.5. The minimum absolute atomic E-state index is 0.0581. The van der Waals surface area contributed by atoms with Gasteiger partial charge in [0.2, 0.25) is 5.82 Å². The third kappa shape index (κ3) is 8.72. The maximum atomic E-state index is 13.5. The van der Waals surface area contributed by atoms with Gasteiger partial charge in [-0.05, 0) is 66.7 Å². The molecule has 1 N–H and O–H groups in total. The van der Waals surface area contributed by atoms with Crippen LogP contribution in [0.2, 0.25) is 5.02 Å². The van der Waals surface area contributed by atoms with Crippen LogP contribution in [0.15, 0.2) is 93.9 Å². The molecule has 9 nitrogen and oxygen atoms in total. The van der Waals surface area contributed by atoms with Crippen molar-refractivity contribution in [2.24, 2.45) is 5.92 Å². The average molecular weight is 610 g/mol. The molecule has 0 aliphatic carbocycles. The van der Waals surface area contributed by atoms with E-state index in [1.807, 2.05) is 27.0 Å². The number of ether oxygens (including phenoxy) is 2. The summed E-state index contributed by atoms with van der Waals surface area (Å²) in [5.74, 6) is 1.38. The first kappa shape index (κ1) is 35.1. The molecular formula is C33H44ClN5O4. The van der Waals surface area contributed by atoms with Crippen molar-refractivity contribution in [3.05, 3.63) is 116 Å². The molecule has 0 aliphatic heterocycles. The van der Waals surface area contributed by atoms with Crippen LogP contribution in [0.1, 0.15) is 39.7 Å². The molecule has 0 radical (unpaired) electrons. The Bertz CT molecular complexity index is 1550. The van der Waals surface area contributed by atoms with Crippen molar-refractivity contribution in [2.45, 2.75) is 47.8 Å². The molecule has 10 heteroatoms. The SMILES string of the molecule is C=C/C=C(\C=C)COCn1c(=O)c(N(C)C)nn(-c2cc(C)c(OC(/C=C(\C(=C)NC)C(C)C)=C(/C)CC)c(Cl)c2)c1=O. The van der Waals surface area contributed by atoms with Gasteiger partial charge >= 0.3 is 11.2 Å². The number of anilines is 1. The number of hydrogen-bond donors (Lipinski definition) is 1.